The summed E-state index contributed by atoms with van der Waals surface area (Å²) in [4.78, 5) is 26.0. The summed E-state index contributed by atoms with van der Waals surface area (Å²) < 4.78 is 10.8. The number of halogens is 1. The molecule has 2 aliphatic carbocycles. The van der Waals surface area contributed by atoms with Crippen LogP contribution in [0.15, 0.2) is 24.4 Å². The number of nitrogens with zero attached hydrogens (tertiary/aromatic N) is 4. The third-order valence-corrected chi connectivity index (χ3v) is 6.98. The van der Waals surface area contributed by atoms with Gasteiger partial charge in [0, 0.05) is 12.1 Å². The highest BCUT2D eigenvalue weighted by molar-refractivity contribution is 6.31. The van der Waals surface area contributed by atoms with Gasteiger partial charge in [-0.2, -0.15) is 15.2 Å². The van der Waals surface area contributed by atoms with Gasteiger partial charge in [0.1, 0.15) is 11.8 Å². The molecule has 2 saturated carbocycles. The van der Waals surface area contributed by atoms with Crippen molar-refractivity contribution in [2.45, 2.75) is 69.6 Å². The van der Waals surface area contributed by atoms with E-state index in [0.717, 1.165) is 51.4 Å². The number of nitriles is 1. The third-order valence-electron chi connectivity index (χ3n) is 6.67. The maximum Gasteiger partial charge on any atom is 0.308 e. The molecule has 0 aliphatic heterocycles. The molecule has 1 heterocycles. The normalized spacial score (nSPS) is 24.6. The van der Waals surface area contributed by atoms with Gasteiger partial charge in [-0.05, 0) is 63.5 Å². The van der Waals surface area contributed by atoms with Gasteiger partial charge >= 0.3 is 5.97 Å². The van der Waals surface area contributed by atoms with Crippen molar-refractivity contribution in [1.29, 1.82) is 5.26 Å². The summed E-state index contributed by atoms with van der Waals surface area (Å²) in [6.45, 7) is 0. The second-order valence-electron chi connectivity index (χ2n) is 8.90. The molecule has 1 N–H and O–H groups in total. The van der Waals surface area contributed by atoms with E-state index in [1.807, 2.05) is 6.07 Å². The fraction of sp³-hybridized carbons (Fsp3) is 0.542. The second kappa shape index (κ2) is 10.9. The summed E-state index contributed by atoms with van der Waals surface area (Å²) >= 11 is 6.08. The topological polar surface area (TPSA) is 119 Å². The molecule has 1 aromatic carbocycles. The van der Waals surface area contributed by atoms with Gasteiger partial charge in [-0.3, -0.25) is 9.59 Å². The standard InChI is InChI=1S/C24H28ClN5O4/c1-33-24(32)15-2-7-18(8-3-15)30-27-14-22(29-30)23(31)28-17-5-10-19(11-6-17)34-20-9-4-16(13-26)21(25)12-20/h4,9,12,14-15,17-19H,2-3,5-8,10-11H2,1H3,(H,28,31)/t15?,17-,18?,19-. The van der Waals surface area contributed by atoms with E-state index in [-0.39, 0.29) is 36.0 Å². The molecule has 0 bridgehead atoms. The Balaban J connectivity index is 1.23. The number of rotatable bonds is 6. The van der Waals surface area contributed by atoms with Gasteiger partial charge < -0.3 is 14.8 Å². The molecular weight excluding hydrogens is 458 g/mol. The van der Waals surface area contributed by atoms with E-state index in [1.165, 1.54) is 13.3 Å². The highest BCUT2D eigenvalue weighted by atomic mass is 35.5. The number of nitrogens with one attached hydrogen (secondary N) is 1. The summed E-state index contributed by atoms with van der Waals surface area (Å²) in [5.41, 5.74) is 0.729. The fourth-order valence-electron chi connectivity index (χ4n) is 4.70. The Labute approximate surface area is 203 Å². The van der Waals surface area contributed by atoms with Crippen molar-refractivity contribution >= 4 is 23.5 Å². The van der Waals surface area contributed by atoms with Crippen molar-refractivity contribution in [2.75, 3.05) is 7.11 Å². The van der Waals surface area contributed by atoms with E-state index in [0.29, 0.717) is 22.0 Å². The Bertz CT molecular complexity index is 1070. The molecule has 0 atom stereocenters. The van der Waals surface area contributed by atoms with Gasteiger partial charge in [0.2, 0.25) is 0 Å². The van der Waals surface area contributed by atoms with Crippen LogP contribution in [0.25, 0.3) is 0 Å². The van der Waals surface area contributed by atoms with Crippen LogP contribution in [0.1, 0.15) is 73.5 Å². The summed E-state index contributed by atoms with van der Waals surface area (Å²) in [5, 5.41) is 21.1. The number of carbonyl (C=O) groups is 2. The van der Waals surface area contributed by atoms with Gasteiger partial charge in [0.05, 0.1) is 42.0 Å². The molecule has 0 spiro atoms. The highest BCUT2D eigenvalue weighted by Crippen LogP contribution is 2.32. The van der Waals surface area contributed by atoms with Crippen LogP contribution in [-0.4, -0.2) is 46.1 Å². The van der Waals surface area contributed by atoms with Crippen LogP contribution in [0.2, 0.25) is 5.02 Å². The number of hydrogen-bond donors (Lipinski definition) is 1. The number of carbonyl (C=O) groups excluding carboxylic acids is 2. The number of aromatic nitrogens is 3. The van der Waals surface area contributed by atoms with Gasteiger partial charge in [0.25, 0.3) is 5.91 Å². The van der Waals surface area contributed by atoms with Crippen molar-refractivity contribution < 1.29 is 19.1 Å². The second-order valence-corrected chi connectivity index (χ2v) is 9.30. The van der Waals surface area contributed by atoms with Gasteiger partial charge in [-0.15, -0.1) is 5.10 Å². The molecule has 1 aromatic heterocycles. The maximum atomic E-state index is 12.7. The van der Waals surface area contributed by atoms with Crippen molar-refractivity contribution in [3.63, 3.8) is 0 Å². The van der Waals surface area contributed by atoms with Crippen LogP contribution in [0.4, 0.5) is 0 Å². The number of ether oxygens (including phenoxy) is 2. The van der Waals surface area contributed by atoms with Gasteiger partial charge in [0.15, 0.2) is 5.69 Å². The zero-order chi connectivity index (χ0) is 24.1. The van der Waals surface area contributed by atoms with E-state index in [9.17, 15) is 9.59 Å². The molecule has 2 aromatic rings. The van der Waals surface area contributed by atoms with Crippen molar-refractivity contribution in [2.24, 2.45) is 5.92 Å². The third kappa shape index (κ3) is 5.68. The molecule has 180 valence electrons. The van der Waals surface area contributed by atoms with Gasteiger partial charge in [-0.1, -0.05) is 11.6 Å². The summed E-state index contributed by atoms with van der Waals surface area (Å²) in [7, 11) is 1.42. The Hall–Kier alpha value is -3.12. The molecule has 2 aliphatic rings. The molecular formula is C24H28ClN5O4. The average Bonchev–Trinajstić information content (AvgIpc) is 3.36. The largest absolute Gasteiger partial charge is 0.490 e. The number of hydrogen-bond acceptors (Lipinski definition) is 7. The lowest BCUT2D eigenvalue weighted by Gasteiger charge is -2.29. The smallest absolute Gasteiger partial charge is 0.308 e. The minimum absolute atomic E-state index is 0.0400. The molecule has 9 nitrogen and oxygen atoms in total. The summed E-state index contributed by atoms with van der Waals surface area (Å²) in [6, 6.07) is 7.25. The molecule has 1 amide bonds. The predicted octanol–water partition coefficient (Wildman–Crippen LogP) is 3.83. The monoisotopic (exact) mass is 485 g/mol. The Morgan fingerprint density at radius 1 is 1.15 bits per heavy atom. The van der Waals surface area contributed by atoms with Crippen LogP contribution in [-0.2, 0) is 9.53 Å². The predicted molar refractivity (Wildman–Crippen MR) is 123 cm³/mol. The molecule has 0 radical (unpaired) electrons. The minimum Gasteiger partial charge on any atom is -0.490 e. The van der Waals surface area contributed by atoms with E-state index in [4.69, 9.17) is 26.3 Å². The van der Waals surface area contributed by atoms with Crippen LogP contribution >= 0.6 is 11.6 Å². The number of amides is 1. The van der Waals surface area contributed by atoms with E-state index >= 15 is 0 Å². The van der Waals surface area contributed by atoms with Crippen molar-refractivity contribution in [1.82, 2.24) is 20.3 Å². The maximum absolute atomic E-state index is 12.7. The quantitative estimate of drug-likeness (QED) is 0.617. The number of esters is 1. The SMILES string of the molecule is COC(=O)C1CCC(n2ncc(C(=O)N[C@H]3CC[C@H](Oc4ccc(C#N)c(Cl)c4)CC3)n2)CC1. The first-order valence-electron chi connectivity index (χ1n) is 11.6. The zero-order valence-electron chi connectivity index (χ0n) is 19.1. The highest BCUT2D eigenvalue weighted by Gasteiger charge is 2.30. The Kier molecular flexibility index (Phi) is 7.68. The molecule has 34 heavy (non-hydrogen) atoms. The average molecular weight is 486 g/mol. The van der Waals surface area contributed by atoms with Gasteiger partial charge in [-0.25, -0.2) is 0 Å². The number of benzene rings is 1. The molecule has 2 fully saturated rings. The first-order valence-corrected chi connectivity index (χ1v) is 12.0. The lowest BCUT2D eigenvalue weighted by atomic mass is 9.86. The molecule has 0 unspecified atom stereocenters. The van der Waals surface area contributed by atoms with Crippen molar-refractivity contribution in [3.05, 3.63) is 40.7 Å². The Morgan fingerprint density at radius 2 is 1.88 bits per heavy atom. The lowest BCUT2D eigenvalue weighted by molar-refractivity contribution is -0.146. The molecule has 10 heteroatoms. The van der Waals surface area contributed by atoms with Crippen LogP contribution < -0.4 is 10.1 Å². The van der Waals surface area contributed by atoms with Crippen molar-refractivity contribution in [3.8, 4) is 11.8 Å². The fourth-order valence-corrected chi connectivity index (χ4v) is 4.91. The molecule has 4 rings (SSSR count). The Morgan fingerprint density at radius 3 is 2.53 bits per heavy atom. The molecule has 0 saturated heterocycles. The van der Waals surface area contributed by atoms with E-state index in [2.05, 4.69) is 15.5 Å². The van der Waals surface area contributed by atoms with E-state index in [1.54, 1.807) is 23.0 Å². The lowest BCUT2D eigenvalue weighted by Crippen LogP contribution is -2.40. The zero-order valence-corrected chi connectivity index (χ0v) is 19.8. The van der Waals surface area contributed by atoms with Crippen LogP contribution in [0, 0.1) is 17.2 Å². The van der Waals surface area contributed by atoms with E-state index < -0.39 is 0 Å². The summed E-state index contributed by atoms with van der Waals surface area (Å²) in [6.07, 6.45) is 7.79. The first-order chi connectivity index (χ1) is 16.5. The van der Waals surface area contributed by atoms with Crippen LogP contribution in [0.5, 0.6) is 5.75 Å². The minimum atomic E-state index is -0.224. The number of methoxy groups -OCH3 is 1. The van der Waals surface area contributed by atoms with Crippen LogP contribution in [0.3, 0.4) is 0 Å². The first kappa shape index (κ1) is 24.0. The summed E-state index contributed by atoms with van der Waals surface area (Å²) in [5.74, 6) is 0.201.